The zero-order valence-corrected chi connectivity index (χ0v) is 14.9. The summed E-state index contributed by atoms with van der Waals surface area (Å²) >= 11 is 0. The Kier molecular flexibility index (Phi) is 6.34. The van der Waals surface area contributed by atoms with Crippen LogP contribution in [0.25, 0.3) is 0 Å². The minimum absolute atomic E-state index is 0.00521. The molecule has 132 valence electrons. The molecule has 8 heteroatoms. The first-order valence-electron chi connectivity index (χ1n) is 8.25. The molecule has 8 nitrogen and oxygen atoms in total. The number of likely N-dealkylation sites (N-methyl/N-ethyl adjacent to an activating group) is 1. The number of carbonyl (C=O) groups is 1. The Labute approximate surface area is 143 Å². The molecule has 0 spiro atoms. The van der Waals surface area contributed by atoms with Crippen molar-refractivity contribution < 1.29 is 4.79 Å². The van der Waals surface area contributed by atoms with E-state index in [1.807, 2.05) is 6.07 Å². The van der Waals surface area contributed by atoms with Crippen molar-refractivity contribution in [3.63, 3.8) is 0 Å². The third-order valence-corrected chi connectivity index (χ3v) is 3.69. The lowest BCUT2D eigenvalue weighted by atomic mass is 10.3. The van der Waals surface area contributed by atoms with Crippen LogP contribution in [0.1, 0.15) is 13.8 Å². The number of nitrogens with one attached hydrogen (secondary N) is 1. The van der Waals surface area contributed by atoms with E-state index in [1.54, 1.807) is 31.4 Å². The summed E-state index contributed by atoms with van der Waals surface area (Å²) in [6.07, 6.45) is 3.52. The van der Waals surface area contributed by atoms with E-state index in [9.17, 15) is 4.79 Å². The molecule has 1 aromatic rings. The van der Waals surface area contributed by atoms with Gasteiger partial charge in [0.05, 0.1) is 0 Å². The summed E-state index contributed by atoms with van der Waals surface area (Å²) in [6, 6.07) is 2.08. The van der Waals surface area contributed by atoms with Crippen LogP contribution >= 0.6 is 0 Å². The van der Waals surface area contributed by atoms with Crippen LogP contribution in [0.4, 0.5) is 5.95 Å². The lowest BCUT2D eigenvalue weighted by Crippen LogP contribution is -2.54. The molecule has 24 heavy (non-hydrogen) atoms. The second kappa shape index (κ2) is 8.47. The van der Waals surface area contributed by atoms with Gasteiger partial charge in [0.2, 0.25) is 11.9 Å². The standard InChI is InChI=1S/C16H27N7O/c1-13(2)20-16(19-12-14(24)21(3)4)23-10-8-22(9-11-23)15-17-6-5-7-18-15/h5-7,13H,8-12H2,1-4H3,(H,19,20). The molecule has 1 aliphatic heterocycles. The molecule has 2 rings (SSSR count). The molecular weight excluding hydrogens is 306 g/mol. The summed E-state index contributed by atoms with van der Waals surface area (Å²) in [4.78, 5) is 30.8. The Morgan fingerprint density at radius 1 is 1.25 bits per heavy atom. The van der Waals surface area contributed by atoms with Gasteiger partial charge in [-0.2, -0.15) is 0 Å². The predicted octanol–water partition coefficient (Wildman–Crippen LogP) is 0.0408. The highest BCUT2D eigenvalue weighted by molar-refractivity contribution is 5.85. The van der Waals surface area contributed by atoms with Crippen LogP contribution in [-0.2, 0) is 4.79 Å². The number of amides is 1. The van der Waals surface area contributed by atoms with Crippen LogP contribution in [0.3, 0.4) is 0 Å². The van der Waals surface area contributed by atoms with Crippen molar-refractivity contribution in [2.75, 3.05) is 51.7 Å². The lowest BCUT2D eigenvalue weighted by Gasteiger charge is -2.37. The van der Waals surface area contributed by atoms with E-state index in [0.29, 0.717) is 0 Å². The van der Waals surface area contributed by atoms with Crippen molar-refractivity contribution in [1.82, 2.24) is 25.1 Å². The molecule has 1 saturated heterocycles. The Bertz CT molecular complexity index is 551. The van der Waals surface area contributed by atoms with Crippen molar-refractivity contribution >= 4 is 17.8 Å². The molecule has 0 unspecified atom stereocenters. The third-order valence-electron chi connectivity index (χ3n) is 3.69. The molecule has 1 aliphatic rings. The van der Waals surface area contributed by atoms with Crippen LogP contribution < -0.4 is 10.2 Å². The highest BCUT2D eigenvalue weighted by atomic mass is 16.2. The second-order valence-corrected chi connectivity index (χ2v) is 6.25. The van der Waals surface area contributed by atoms with Crippen LogP contribution in [-0.4, -0.2) is 84.5 Å². The smallest absolute Gasteiger partial charge is 0.243 e. The fourth-order valence-electron chi connectivity index (χ4n) is 2.35. The number of piperazine rings is 1. The van der Waals surface area contributed by atoms with Gasteiger partial charge >= 0.3 is 0 Å². The van der Waals surface area contributed by atoms with Crippen LogP contribution in [0.5, 0.6) is 0 Å². The molecule has 0 aliphatic carbocycles. The van der Waals surface area contributed by atoms with Gasteiger partial charge in [0.25, 0.3) is 0 Å². The summed E-state index contributed by atoms with van der Waals surface area (Å²) in [5.41, 5.74) is 0. The molecular formula is C16H27N7O. The van der Waals surface area contributed by atoms with Gasteiger partial charge in [0, 0.05) is 58.7 Å². The summed E-state index contributed by atoms with van der Waals surface area (Å²) in [5.74, 6) is 1.54. The minimum atomic E-state index is -0.00521. The largest absolute Gasteiger partial charge is 0.354 e. The molecule has 1 amide bonds. The zero-order chi connectivity index (χ0) is 17.5. The molecule has 0 saturated carbocycles. The lowest BCUT2D eigenvalue weighted by molar-refractivity contribution is -0.127. The monoisotopic (exact) mass is 333 g/mol. The van der Waals surface area contributed by atoms with Crippen molar-refractivity contribution in [3.05, 3.63) is 18.5 Å². The van der Waals surface area contributed by atoms with Crippen molar-refractivity contribution in [3.8, 4) is 0 Å². The van der Waals surface area contributed by atoms with Gasteiger partial charge in [0.15, 0.2) is 5.96 Å². The van der Waals surface area contributed by atoms with Crippen LogP contribution in [0.2, 0.25) is 0 Å². The topological polar surface area (TPSA) is 77.0 Å². The number of guanidine groups is 1. The van der Waals surface area contributed by atoms with E-state index >= 15 is 0 Å². The highest BCUT2D eigenvalue weighted by Crippen LogP contribution is 2.10. The summed E-state index contributed by atoms with van der Waals surface area (Å²) < 4.78 is 0. The number of rotatable bonds is 4. The summed E-state index contributed by atoms with van der Waals surface area (Å²) in [5, 5.41) is 3.35. The Balaban J connectivity index is 1.98. The molecule has 0 bridgehead atoms. The first-order chi connectivity index (χ1) is 11.5. The second-order valence-electron chi connectivity index (χ2n) is 6.25. The quantitative estimate of drug-likeness (QED) is 0.619. The molecule has 2 heterocycles. The first kappa shape index (κ1) is 18.0. The van der Waals surface area contributed by atoms with Gasteiger partial charge in [-0.1, -0.05) is 0 Å². The molecule has 0 atom stereocenters. The fourth-order valence-corrected chi connectivity index (χ4v) is 2.35. The van der Waals surface area contributed by atoms with E-state index in [2.05, 4.69) is 43.9 Å². The Hall–Kier alpha value is -2.38. The number of hydrogen-bond acceptors (Lipinski definition) is 5. The normalized spacial score (nSPS) is 15.6. The average molecular weight is 333 g/mol. The number of aliphatic imine (C=N–C) groups is 1. The number of nitrogens with zero attached hydrogens (tertiary/aromatic N) is 6. The van der Waals surface area contributed by atoms with Crippen molar-refractivity contribution in [1.29, 1.82) is 0 Å². The molecule has 0 aromatic carbocycles. The van der Waals surface area contributed by atoms with E-state index in [4.69, 9.17) is 0 Å². The molecule has 0 radical (unpaired) electrons. The maximum absolute atomic E-state index is 11.8. The maximum atomic E-state index is 11.8. The van der Waals surface area contributed by atoms with Gasteiger partial charge in [-0.05, 0) is 19.9 Å². The van der Waals surface area contributed by atoms with E-state index < -0.39 is 0 Å². The number of hydrogen-bond donors (Lipinski definition) is 1. The molecule has 1 aromatic heterocycles. The summed E-state index contributed by atoms with van der Waals surface area (Å²) in [6.45, 7) is 7.56. The first-order valence-corrected chi connectivity index (χ1v) is 8.25. The fraction of sp³-hybridized carbons (Fsp3) is 0.625. The van der Waals surface area contributed by atoms with Gasteiger partial charge in [-0.15, -0.1) is 0 Å². The van der Waals surface area contributed by atoms with Crippen LogP contribution in [0.15, 0.2) is 23.5 Å². The van der Waals surface area contributed by atoms with Gasteiger partial charge in [-0.3, -0.25) is 4.79 Å². The van der Waals surface area contributed by atoms with Crippen LogP contribution in [0, 0.1) is 0 Å². The minimum Gasteiger partial charge on any atom is -0.354 e. The average Bonchev–Trinajstić information content (AvgIpc) is 2.59. The molecule has 1 fully saturated rings. The van der Waals surface area contributed by atoms with Crippen molar-refractivity contribution in [2.24, 2.45) is 4.99 Å². The Morgan fingerprint density at radius 2 is 1.88 bits per heavy atom. The van der Waals surface area contributed by atoms with Gasteiger partial charge in [-0.25, -0.2) is 15.0 Å². The van der Waals surface area contributed by atoms with E-state index in [0.717, 1.165) is 38.1 Å². The number of anilines is 1. The maximum Gasteiger partial charge on any atom is 0.243 e. The summed E-state index contributed by atoms with van der Waals surface area (Å²) in [7, 11) is 3.48. The van der Waals surface area contributed by atoms with Gasteiger partial charge in [0.1, 0.15) is 6.54 Å². The third kappa shape index (κ3) is 5.07. The predicted molar refractivity (Wildman–Crippen MR) is 95.1 cm³/mol. The van der Waals surface area contributed by atoms with Gasteiger partial charge < -0.3 is 20.0 Å². The number of aromatic nitrogens is 2. The highest BCUT2D eigenvalue weighted by Gasteiger charge is 2.22. The molecule has 1 N–H and O–H groups in total. The van der Waals surface area contributed by atoms with Crippen molar-refractivity contribution in [2.45, 2.75) is 19.9 Å². The zero-order valence-electron chi connectivity index (χ0n) is 14.9. The Morgan fingerprint density at radius 3 is 2.42 bits per heavy atom. The number of carbonyl (C=O) groups excluding carboxylic acids is 1. The van der Waals surface area contributed by atoms with E-state index in [1.165, 1.54) is 0 Å². The van der Waals surface area contributed by atoms with E-state index in [-0.39, 0.29) is 18.5 Å². The SMILES string of the molecule is CC(C)NC(=NCC(=O)N(C)C)N1CCN(c2ncccn2)CC1.